The number of aliphatic imine (C=N–C) groups is 1. The van der Waals surface area contributed by atoms with Crippen LogP contribution >= 0.6 is 11.6 Å². The van der Waals surface area contributed by atoms with Crippen LogP contribution < -0.4 is 0 Å². The summed E-state index contributed by atoms with van der Waals surface area (Å²) in [6, 6.07) is 19.6. The predicted molar refractivity (Wildman–Crippen MR) is 85.8 cm³/mol. The Hall–Kier alpha value is -1.84. The van der Waals surface area contributed by atoms with Gasteiger partial charge in [0.25, 0.3) is 0 Å². The molecule has 0 aromatic heterocycles. The Morgan fingerprint density at radius 1 is 0.952 bits per heavy atom. The third kappa shape index (κ3) is 3.26. The van der Waals surface area contributed by atoms with Crippen LogP contribution in [0.25, 0.3) is 0 Å². The van der Waals surface area contributed by atoms with Gasteiger partial charge in [0.15, 0.2) is 0 Å². The molecule has 0 saturated carbocycles. The molecule has 0 aliphatic carbocycles. The number of alkyl halides is 1. The van der Waals surface area contributed by atoms with Gasteiger partial charge in [-0.3, -0.25) is 0 Å². The number of halogens is 1. The Bertz CT molecular complexity index is 539. The Morgan fingerprint density at radius 2 is 1.43 bits per heavy atom. The van der Waals surface area contributed by atoms with Gasteiger partial charge in [-0.05, 0) is 0 Å². The Balaban J connectivity index is 2.65. The van der Waals surface area contributed by atoms with E-state index in [0.717, 1.165) is 11.1 Å². The summed E-state index contributed by atoms with van der Waals surface area (Å²) in [5.41, 5.74) is 0.861. The second-order valence-corrected chi connectivity index (χ2v) is 4.69. The van der Waals surface area contributed by atoms with Crippen LogP contribution in [0.15, 0.2) is 65.7 Å². The SMILES string of the molecule is CO/C(CCl)=N/C(OC)(c1ccccc1)c1ccccc1. The van der Waals surface area contributed by atoms with Gasteiger partial charge < -0.3 is 9.47 Å². The van der Waals surface area contributed by atoms with Crippen molar-refractivity contribution in [2.45, 2.75) is 5.72 Å². The van der Waals surface area contributed by atoms with Crippen molar-refractivity contribution in [1.29, 1.82) is 0 Å². The van der Waals surface area contributed by atoms with E-state index in [2.05, 4.69) is 4.99 Å². The number of nitrogens with zero attached hydrogens (tertiary/aromatic N) is 1. The van der Waals surface area contributed by atoms with E-state index in [9.17, 15) is 0 Å². The third-order valence-electron chi connectivity index (χ3n) is 3.26. The highest BCUT2D eigenvalue weighted by Crippen LogP contribution is 2.35. The molecule has 2 aromatic carbocycles. The van der Waals surface area contributed by atoms with Gasteiger partial charge in [0.1, 0.15) is 0 Å². The van der Waals surface area contributed by atoms with E-state index in [1.165, 1.54) is 0 Å². The van der Waals surface area contributed by atoms with Crippen LogP contribution in [-0.2, 0) is 15.2 Å². The van der Waals surface area contributed by atoms with Crippen LogP contribution in [0.2, 0.25) is 0 Å². The molecule has 0 fully saturated rings. The molecule has 2 aromatic rings. The summed E-state index contributed by atoms with van der Waals surface area (Å²) < 4.78 is 11.1. The molecule has 0 unspecified atom stereocenters. The summed E-state index contributed by atoms with van der Waals surface area (Å²) in [6.45, 7) is 0. The number of hydrogen-bond donors (Lipinski definition) is 0. The fraction of sp³-hybridized carbons (Fsp3) is 0.235. The zero-order chi connectivity index (χ0) is 15.1. The Morgan fingerprint density at radius 3 is 1.76 bits per heavy atom. The first-order valence-corrected chi connectivity index (χ1v) is 7.15. The van der Waals surface area contributed by atoms with Crippen LogP contribution in [0.3, 0.4) is 0 Å². The molecule has 0 bridgehead atoms. The summed E-state index contributed by atoms with van der Waals surface area (Å²) in [5, 5.41) is 0. The maximum atomic E-state index is 5.89. The quantitative estimate of drug-likeness (QED) is 0.477. The fourth-order valence-electron chi connectivity index (χ4n) is 2.21. The summed E-state index contributed by atoms with van der Waals surface area (Å²) in [5.74, 6) is 0.604. The minimum absolute atomic E-state index is 0.182. The van der Waals surface area contributed by atoms with Crippen LogP contribution in [-0.4, -0.2) is 26.0 Å². The topological polar surface area (TPSA) is 30.8 Å². The van der Waals surface area contributed by atoms with Gasteiger partial charge in [-0.1, -0.05) is 60.7 Å². The number of methoxy groups -OCH3 is 2. The maximum Gasteiger partial charge on any atom is 0.214 e. The number of hydrogen-bond acceptors (Lipinski definition) is 3. The average molecular weight is 304 g/mol. The number of ether oxygens (including phenoxy) is 2. The molecule has 0 N–H and O–H groups in total. The fourth-order valence-corrected chi connectivity index (χ4v) is 2.38. The van der Waals surface area contributed by atoms with Gasteiger partial charge in [0.05, 0.1) is 13.0 Å². The lowest BCUT2D eigenvalue weighted by atomic mass is 9.94. The summed E-state index contributed by atoms with van der Waals surface area (Å²) in [4.78, 5) is 4.64. The zero-order valence-electron chi connectivity index (χ0n) is 12.1. The van der Waals surface area contributed by atoms with Gasteiger partial charge in [-0.25, -0.2) is 4.99 Å². The highest BCUT2D eigenvalue weighted by molar-refractivity contribution is 6.27. The predicted octanol–water partition coefficient (Wildman–Crippen LogP) is 3.82. The van der Waals surface area contributed by atoms with Gasteiger partial charge in [-0.15, -0.1) is 11.6 Å². The smallest absolute Gasteiger partial charge is 0.214 e. The molecule has 0 aliphatic heterocycles. The van der Waals surface area contributed by atoms with Crippen molar-refractivity contribution >= 4 is 17.5 Å². The van der Waals surface area contributed by atoms with E-state index in [-0.39, 0.29) is 5.88 Å². The van der Waals surface area contributed by atoms with E-state index in [1.54, 1.807) is 14.2 Å². The van der Waals surface area contributed by atoms with Crippen molar-refractivity contribution in [2.75, 3.05) is 20.1 Å². The molecule has 3 nitrogen and oxygen atoms in total. The van der Waals surface area contributed by atoms with Gasteiger partial charge in [0, 0.05) is 18.2 Å². The highest BCUT2D eigenvalue weighted by atomic mass is 35.5. The number of rotatable bonds is 5. The van der Waals surface area contributed by atoms with Crippen molar-refractivity contribution in [3.63, 3.8) is 0 Å². The largest absolute Gasteiger partial charge is 0.483 e. The van der Waals surface area contributed by atoms with E-state index in [0.29, 0.717) is 5.90 Å². The van der Waals surface area contributed by atoms with Crippen LogP contribution in [0.4, 0.5) is 0 Å². The summed E-state index contributed by atoms with van der Waals surface area (Å²) in [7, 11) is 3.18. The minimum atomic E-state index is -0.969. The molecule has 4 heteroatoms. The molecule has 2 rings (SSSR count). The Labute approximate surface area is 130 Å². The van der Waals surface area contributed by atoms with Crippen LogP contribution in [0, 0.1) is 0 Å². The van der Waals surface area contributed by atoms with Gasteiger partial charge >= 0.3 is 0 Å². The molecular formula is C17H18ClNO2. The van der Waals surface area contributed by atoms with E-state index in [1.807, 2.05) is 60.7 Å². The van der Waals surface area contributed by atoms with Gasteiger partial charge in [0.2, 0.25) is 11.6 Å². The first-order chi connectivity index (χ1) is 10.3. The first kappa shape index (κ1) is 15.5. The molecule has 0 atom stereocenters. The molecule has 110 valence electrons. The lowest BCUT2D eigenvalue weighted by molar-refractivity contribution is 0.0281. The second-order valence-electron chi connectivity index (χ2n) is 4.42. The average Bonchev–Trinajstić information content (AvgIpc) is 2.58. The molecular weight excluding hydrogens is 286 g/mol. The van der Waals surface area contributed by atoms with E-state index in [4.69, 9.17) is 21.1 Å². The third-order valence-corrected chi connectivity index (χ3v) is 3.49. The van der Waals surface area contributed by atoms with Gasteiger partial charge in [-0.2, -0.15) is 0 Å². The zero-order valence-corrected chi connectivity index (χ0v) is 12.9. The van der Waals surface area contributed by atoms with Crippen LogP contribution in [0.1, 0.15) is 11.1 Å². The minimum Gasteiger partial charge on any atom is -0.483 e. The molecule has 0 radical (unpaired) electrons. The molecule has 0 heterocycles. The van der Waals surface area contributed by atoms with Crippen LogP contribution in [0.5, 0.6) is 0 Å². The monoisotopic (exact) mass is 303 g/mol. The number of benzene rings is 2. The molecule has 21 heavy (non-hydrogen) atoms. The Kier molecular flexibility index (Phi) is 5.37. The molecule has 0 amide bonds. The molecule has 0 spiro atoms. The van der Waals surface area contributed by atoms with E-state index < -0.39 is 5.72 Å². The van der Waals surface area contributed by atoms with Crippen molar-refractivity contribution < 1.29 is 9.47 Å². The van der Waals surface area contributed by atoms with Crippen molar-refractivity contribution in [3.05, 3.63) is 71.8 Å². The second kappa shape index (κ2) is 7.25. The lowest BCUT2D eigenvalue weighted by Crippen LogP contribution is -2.30. The maximum absolute atomic E-state index is 5.89. The standard InChI is InChI=1S/C17H18ClNO2/c1-20-16(13-18)19-17(21-2,14-9-5-3-6-10-14)15-11-7-4-8-12-15/h3-12H,13H2,1-2H3/b19-16+. The van der Waals surface area contributed by atoms with E-state index >= 15 is 0 Å². The van der Waals surface area contributed by atoms with Crippen molar-refractivity contribution in [2.24, 2.45) is 4.99 Å². The molecule has 0 aliphatic rings. The summed E-state index contributed by atoms with van der Waals surface area (Å²) >= 11 is 5.89. The molecule has 0 saturated heterocycles. The van der Waals surface area contributed by atoms with Crippen molar-refractivity contribution in [1.82, 2.24) is 0 Å². The normalized spacial score (nSPS) is 12.2. The van der Waals surface area contributed by atoms with Crippen molar-refractivity contribution in [3.8, 4) is 0 Å². The highest BCUT2D eigenvalue weighted by Gasteiger charge is 2.34. The lowest BCUT2D eigenvalue weighted by Gasteiger charge is -2.30. The summed E-state index contributed by atoms with van der Waals surface area (Å²) in [6.07, 6.45) is 0. The first-order valence-electron chi connectivity index (χ1n) is 6.61.